The van der Waals surface area contributed by atoms with Crippen LogP contribution in [-0.4, -0.2) is 46.3 Å². The molecule has 30 heavy (non-hydrogen) atoms. The molecule has 1 aliphatic rings. The molecule has 6 heteroatoms. The van der Waals surface area contributed by atoms with E-state index in [0.717, 1.165) is 31.7 Å². The third-order valence-corrected chi connectivity index (χ3v) is 6.12. The van der Waals surface area contributed by atoms with Gasteiger partial charge in [-0.1, -0.05) is 36.4 Å². The summed E-state index contributed by atoms with van der Waals surface area (Å²) in [5.74, 6) is 0.808. The highest BCUT2D eigenvalue weighted by molar-refractivity contribution is 5.73. The summed E-state index contributed by atoms with van der Waals surface area (Å²) in [5.41, 5.74) is 3.81. The van der Waals surface area contributed by atoms with Gasteiger partial charge in [0.25, 0.3) is 5.69 Å². The summed E-state index contributed by atoms with van der Waals surface area (Å²) in [5, 5.41) is 10.9. The van der Waals surface area contributed by atoms with E-state index in [4.69, 9.17) is 0 Å². The monoisotopic (exact) mass is 409 g/mol. The van der Waals surface area contributed by atoms with Crippen molar-refractivity contribution in [3.8, 4) is 0 Å². The van der Waals surface area contributed by atoms with Crippen LogP contribution in [0.5, 0.6) is 0 Å². The van der Waals surface area contributed by atoms with E-state index in [-0.39, 0.29) is 22.6 Å². The minimum absolute atomic E-state index is 0.113. The number of benzene rings is 2. The van der Waals surface area contributed by atoms with E-state index in [1.165, 1.54) is 11.1 Å². The predicted molar refractivity (Wildman–Crippen MR) is 118 cm³/mol. The third-order valence-electron chi connectivity index (χ3n) is 6.12. The molecule has 2 unspecified atom stereocenters. The van der Waals surface area contributed by atoms with E-state index < -0.39 is 0 Å². The van der Waals surface area contributed by atoms with Crippen LogP contribution >= 0.6 is 0 Å². The molecule has 0 saturated carbocycles. The zero-order valence-corrected chi connectivity index (χ0v) is 18.2. The molecule has 1 aliphatic heterocycles. The standard InChI is InChI=1S/C24H31N3O3/c1-17(2)26(19(4)28)15-21-14-25(13-20-9-11-22(12-10-20)27(29)30)16-24(21)23-8-6-5-7-18(23)3/h5-12,17,21,24H,13-16H2,1-4H3. The number of aryl methyl sites for hydroxylation is 1. The van der Waals surface area contributed by atoms with Crippen LogP contribution in [0.25, 0.3) is 0 Å². The molecule has 1 heterocycles. The summed E-state index contributed by atoms with van der Waals surface area (Å²) in [7, 11) is 0. The van der Waals surface area contributed by atoms with Crippen molar-refractivity contribution in [2.24, 2.45) is 5.92 Å². The second kappa shape index (κ2) is 9.39. The molecular formula is C24H31N3O3. The average molecular weight is 410 g/mol. The molecule has 6 nitrogen and oxygen atoms in total. The smallest absolute Gasteiger partial charge is 0.269 e. The highest BCUT2D eigenvalue weighted by Gasteiger charge is 2.36. The first-order valence-corrected chi connectivity index (χ1v) is 10.5. The molecule has 0 radical (unpaired) electrons. The summed E-state index contributed by atoms with van der Waals surface area (Å²) >= 11 is 0. The lowest BCUT2D eigenvalue weighted by Gasteiger charge is -2.31. The van der Waals surface area contributed by atoms with Crippen LogP contribution < -0.4 is 0 Å². The summed E-state index contributed by atoms with van der Waals surface area (Å²) in [6.45, 7) is 11.2. The number of amides is 1. The van der Waals surface area contributed by atoms with Crippen LogP contribution in [0, 0.1) is 23.0 Å². The number of hydrogen-bond acceptors (Lipinski definition) is 4. The van der Waals surface area contributed by atoms with Gasteiger partial charge in [0.1, 0.15) is 0 Å². The van der Waals surface area contributed by atoms with Gasteiger partial charge in [0.15, 0.2) is 0 Å². The lowest BCUT2D eigenvalue weighted by atomic mass is 9.86. The molecule has 160 valence electrons. The topological polar surface area (TPSA) is 66.7 Å². The number of hydrogen-bond donors (Lipinski definition) is 0. The van der Waals surface area contributed by atoms with Crippen LogP contribution in [0.3, 0.4) is 0 Å². The van der Waals surface area contributed by atoms with Crippen LogP contribution in [0.2, 0.25) is 0 Å². The van der Waals surface area contributed by atoms with E-state index in [9.17, 15) is 14.9 Å². The number of nitro benzene ring substituents is 1. The summed E-state index contributed by atoms with van der Waals surface area (Å²) < 4.78 is 0. The van der Waals surface area contributed by atoms with Crippen molar-refractivity contribution < 1.29 is 9.72 Å². The van der Waals surface area contributed by atoms with Crippen molar-refractivity contribution >= 4 is 11.6 Å². The second-order valence-electron chi connectivity index (χ2n) is 8.61. The molecular weight excluding hydrogens is 378 g/mol. The molecule has 2 aromatic rings. The summed E-state index contributed by atoms with van der Waals surface area (Å²) in [6.07, 6.45) is 0. The average Bonchev–Trinajstić information content (AvgIpc) is 3.08. The van der Waals surface area contributed by atoms with Gasteiger partial charge in [0, 0.05) is 57.2 Å². The Balaban J connectivity index is 1.81. The summed E-state index contributed by atoms with van der Waals surface area (Å²) in [4.78, 5) is 27.1. The van der Waals surface area contributed by atoms with Gasteiger partial charge in [-0.25, -0.2) is 0 Å². The Morgan fingerprint density at radius 3 is 2.40 bits per heavy atom. The van der Waals surface area contributed by atoms with Gasteiger partial charge in [0.2, 0.25) is 5.91 Å². The zero-order chi connectivity index (χ0) is 21.8. The Labute approximate surface area is 178 Å². The van der Waals surface area contributed by atoms with Gasteiger partial charge >= 0.3 is 0 Å². The number of non-ortho nitro benzene ring substituents is 1. The Kier molecular flexibility index (Phi) is 6.87. The Morgan fingerprint density at radius 2 is 1.83 bits per heavy atom. The molecule has 1 amide bonds. The lowest BCUT2D eigenvalue weighted by Crippen LogP contribution is -2.40. The largest absolute Gasteiger partial charge is 0.340 e. The number of carbonyl (C=O) groups is 1. The third kappa shape index (κ3) is 5.05. The molecule has 2 atom stereocenters. The SMILES string of the molecule is CC(=O)N(CC1CN(Cc2ccc([N+](=O)[O-])cc2)CC1c1ccccc1C)C(C)C. The van der Waals surface area contributed by atoms with Crippen LogP contribution in [0.15, 0.2) is 48.5 Å². The molecule has 0 aliphatic carbocycles. The minimum Gasteiger partial charge on any atom is -0.340 e. The first-order chi connectivity index (χ1) is 14.3. The fraction of sp³-hybridized carbons (Fsp3) is 0.458. The van der Waals surface area contributed by atoms with Crippen LogP contribution in [-0.2, 0) is 11.3 Å². The van der Waals surface area contributed by atoms with Crippen molar-refractivity contribution in [3.05, 3.63) is 75.3 Å². The maximum atomic E-state index is 12.2. The van der Waals surface area contributed by atoms with E-state index in [2.05, 4.69) is 49.9 Å². The quantitative estimate of drug-likeness (QED) is 0.503. The van der Waals surface area contributed by atoms with Crippen LogP contribution in [0.1, 0.15) is 43.4 Å². The van der Waals surface area contributed by atoms with Gasteiger partial charge in [-0.05, 0) is 43.4 Å². The lowest BCUT2D eigenvalue weighted by molar-refractivity contribution is -0.384. The first-order valence-electron chi connectivity index (χ1n) is 10.5. The molecule has 2 aromatic carbocycles. The highest BCUT2D eigenvalue weighted by atomic mass is 16.6. The fourth-order valence-corrected chi connectivity index (χ4v) is 4.57. The van der Waals surface area contributed by atoms with Crippen LogP contribution in [0.4, 0.5) is 5.69 Å². The summed E-state index contributed by atoms with van der Waals surface area (Å²) in [6, 6.07) is 15.5. The van der Waals surface area contributed by atoms with E-state index in [1.54, 1.807) is 19.1 Å². The Hall–Kier alpha value is -2.73. The van der Waals surface area contributed by atoms with Gasteiger partial charge < -0.3 is 4.90 Å². The molecule has 0 bridgehead atoms. The Morgan fingerprint density at radius 1 is 1.17 bits per heavy atom. The first kappa shape index (κ1) is 22.0. The van der Waals surface area contributed by atoms with Crippen molar-refractivity contribution in [3.63, 3.8) is 0 Å². The van der Waals surface area contributed by atoms with Crippen molar-refractivity contribution in [2.45, 2.75) is 46.2 Å². The fourth-order valence-electron chi connectivity index (χ4n) is 4.57. The zero-order valence-electron chi connectivity index (χ0n) is 18.2. The van der Waals surface area contributed by atoms with Crippen molar-refractivity contribution in [2.75, 3.05) is 19.6 Å². The molecule has 0 N–H and O–H groups in total. The van der Waals surface area contributed by atoms with Gasteiger partial charge in [-0.15, -0.1) is 0 Å². The molecule has 3 rings (SSSR count). The van der Waals surface area contributed by atoms with Crippen molar-refractivity contribution in [1.29, 1.82) is 0 Å². The van der Waals surface area contributed by atoms with Gasteiger partial charge in [0.05, 0.1) is 4.92 Å². The minimum atomic E-state index is -0.369. The number of carbonyl (C=O) groups excluding carboxylic acids is 1. The molecule has 1 fully saturated rings. The number of rotatable bonds is 7. The normalized spacial score (nSPS) is 19.2. The highest BCUT2D eigenvalue weighted by Crippen LogP contribution is 2.36. The second-order valence-corrected chi connectivity index (χ2v) is 8.61. The maximum absolute atomic E-state index is 12.2. The van der Waals surface area contributed by atoms with E-state index in [1.807, 2.05) is 17.0 Å². The Bertz CT molecular complexity index is 895. The van der Waals surface area contributed by atoms with E-state index in [0.29, 0.717) is 11.8 Å². The number of nitro groups is 1. The van der Waals surface area contributed by atoms with Gasteiger partial charge in [-0.3, -0.25) is 19.8 Å². The number of likely N-dealkylation sites (tertiary alicyclic amines) is 1. The molecule has 0 spiro atoms. The number of nitrogens with zero attached hydrogens (tertiary/aromatic N) is 3. The van der Waals surface area contributed by atoms with Gasteiger partial charge in [-0.2, -0.15) is 0 Å². The van der Waals surface area contributed by atoms with E-state index >= 15 is 0 Å². The molecule has 0 aromatic heterocycles. The maximum Gasteiger partial charge on any atom is 0.269 e. The van der Waals surface area contributed by atoms with Crippen molar-refractivity contribution in [1.82, 2.24) is 9.80 Å². The predicted octanol–water partition coefficient (Wildman–Crippen LogP) is 4.38. The molecule has 1 saturated heterocycles.